The molecule has 0 aliphatic carbocycles. The maximum Gasteiger partial charge on any atom is 0.244 e. The fourth-order valence-corrected chi connectivity index (χ4v) is 2.03. The summed E-state index contributed by atoms with van der Waals surface area (Å²) in [5, 5.41) is 2.76. The van der Waals surface area contributed by atoms with Gasteiger partial charge in [0.1, 0.15) is 0 Å². The first kappa shape index (κ1) is 14.7. The second-order valence-electron chi connectivity index (χ2n) is 4.08. The van der Waals surface area contributed by atoms with Gasteiger partial charge in [-0.05, 0) is 32.1 Å². The largest absolute Gasteiger partial charge is 0.375 e. The standard InChI is InChI=1S/C14H19NO2S/c1-11(2)10-17-9-8-15-14(16)7-6-13-5-4-12(3)18-13/h4-7H,1,8-10H2,2-3H3,(H,15,16)/b7-6+. The van der Waals surface area contributed by atoms with E-state index in [1.54, 1.807) is 17.4 Å². The van der Waals surface area contributed by atoms with Crippen LogP contribution in [0.1, 0.15) is 16.7 Å². The SMILES string of the molecule is C=C(C)COCCNC(=O)/C=C/c1ccc(C)s1. The van der Waals surface area contributed by atoms with Crippen LogP contribution in [0.25, 0.3) is 6.08 Å². The van der Waals surface area contributed by atoms with Gasteiger partial charge in [-0.1, -0.05) is 12.2 Å². The molecule has 3 nitrogen and oxygen atoms in total. The Balaban J connectivity index is 2.17. The average Bonchev–Trinajstić information content (AvgIpc) is 2.71. The summed E-state index contributed by atoms with van der Waals surface area (Å²) in [5.74, 6) is -0.0972. The highest BCUT2D eigenvalue weighted by molar-refractivity contribution is 7.12. The third kappa shape index (κ3) is 6.37. The second-order valence-corrected chi connectivity index (χ2v) is 5.40. The lowest BCUT2D eigenvalue weighted by Crippen LogP contribution is -2.25. The molecule has 0 aliphatic rings. The van der Waals surface area contributed by atoms with Crippen LogP contribution in [0.3, 0.4) is 0 Å². The van der Waals surface area contributed by atoms with Gasteiger partial charge in [0, 0.05) is 22.4 Å². The highest BCUT2D eigenvalue weighted by Gasteiger charge is 1.96. The van der Waals surface area contributed by atoms with Gasteiger partial charge in [-0.15, -0.1) is 11.3 Å². The first-order valence-corrected chi connectivity index (χ1v) is 6.64. The molecule has 0 bridgehead atoms. The minimum absolute atomic E-state index is 0.0972. The van der Waals surface area contributed by atoms with Crippen LogP contribution < -0.4 is 5.32 Å². The Morgan fingerprint density at radius 1 is 1.56 bits per heavy atom. The summed E-state index contributed by atoms with van der Waals surface area (Å²) < 4.78 is 5.28. The van der Waals surface area contributed by atoms with Crippen LogP contribution >= 0.6 is 11.3 Å². The van der Waals surface area contributed by atoms with Crippen molar-refractivity contribution < 1.29 is 9.53 Å². The Bertz CT molecular complexity index is 435. The van der Waals surface area contributed by atoms with Crippen LogP contribution in [0.5, 0.6) is 0 Å². The fourth-order valence-electron chi connectivity index (χ4n) is 1.25. The molecule has 1 N–H and O–H groups in total. The molecule has 1 rings (SSSR count). The Labute approximate surface area is 112 Å². The van der Waals surface area contributed by atoms with Crippen LogP contribution in [0, 0.1) is 6.92 Å². The highest BCUT2D eigenvalue weighted by atomic mass is 32.1. The first-order chi connectivity index (χ1) is 8.58. The van der Waals surface area contributed by atoms with E-state index in [1.807, 2.05) is 32.1 Å². The summed E-state index contributed by atoms with van der Waals surface area (Å²) in [5.41, 5.74) is 0.981. The van der Waals surface area contributed by atoms with Crippen LogP contribution in [0.4, 0.5) is 0 Å². The number of amides is 1. The van der Waals surface area contributed by atoms with E-state index in [0.29, 0.717) is 19.8 Å². The minimum atomic E-state index is -0.0972. The molecule has 1 aromatic heterocycles. The van der Waals surface area contributed by atoms with Gasteiger partial charge >= 0.3 is 0 Å². The van der Waals surface area contributed by atoms with E-state index in [-0.39, 0.29) is 5.91 Å². The van der Waals surface area contributed by atoms with Crippen molar-refractivity contribution in [3.63, 3.8) is 0 Å². The number of aryl methyl sites for hydroxylation is 1. The summed E-state index contributed by atoms with van der Waals surface area (Å²) in [7, 11) is 0. The molecule has 18 heavy (non-hydrogen) atoms. The van der Waals surface area contributed by atoms with Crippen LogP contribution in [-0.4, -0.2) is 25.7 Å². The fraction of sp³-hybridized carbons (Fsp3) is 0.357. The second kappa shape index (κ2) is 7.84. The molecule has 0 saturated heterocycles. The molecule has 0 radical (unpaired) electrons. The predicted molar refractivity (Wildman–Crippen MR) is 76.7 cm³/mol. The Kier molecular flexibility index (Phi) is 6.39. The van der Waals surface area contributed by atoms with Gasteiger partial charge in [0.05, 0.1) is 13.2 Å². The summed E-state index contributed by atoms with van der Waals surface area (Å²) in [4.78, 5) is 13.8. The monoisotopic (exact) mass is 265 g/mol. The van der Waals surface area contributed by atoms with Crippen molar-refractivity contribution >= 4 is 23.3 Å². The van der Waals surface area contributed by atoms with Crippen LogP contribution in [0.2, 0.25) is 0 Å². The Morgan fingerprint density at radius 2 is 2.33 bits per heavy atom. The van der Waals surface area contributed by atoms with Crippen molar-refractivity contribution in [2.75, 3.05) is 19.8 Å². The number of ether oxygens (including phenoxy) is 1. The third-order valence-corrected chi connectivity index (χ3v) is 3.02. The molecule has 0 fully saturated rings. The molecule has 98 valence electrons. The Hall–Kier alpha value is -1.39. The number of rotatable bonds is 7. The summed E-state index contributed by atoms with van der Waals surface area (Å²) in [6.45, 7) is 9.24. The number of carbonyl (C=O) groups excluding carboxylic acids is 1. The molecule has 1 aromatic rings. The molecule has 0 spiro atoms. The third-order valence-electron chi connectivity index (χ3n) is 2.05. The molecule has 0 unspecified atom stereocenters. The van der Waals surface area contributed by atoms with E-state index in [4.69, 9.17) is 4.74 Å². The maximum atomic E-state index is 11.5. The average molecular weight is 265 g/mol. The summed E-state index contributed by atoms with van der Waals surface area (Å²) in [6.07, 6.45) is 3.37. The van der Waals surface area contributed by atoms with Crippen molar-refractivity contribution in [3.8, 4) is 0 Å². The molecule has 0 saturated carbocycles. The normalized spacial score (nSPS) is 10.8. The zero-order valence-electron chi connectivity index (χ0n) is 10.9. The molecule has 0 aliphatic heterocycles. The summed E-state index contributed by atoms with van der Waals surface area (Å²) >= 11 is 1.66. The van der Waals surface area contributed by atoms with Gasteiger partial charge in [-0.25, -0.2) is 0 Å². The van der Waals surface area contributed by atoms with Crippen LogP contribution in [0.15, 0.2) is 30.4 Å². The van der Waals surface area contributed by atoms with Crippen molar-refractivity contribution in [3.05, 3.63) is 40.1 Å². The number of nitrogens with one attached hydrogen (secondary N) is 1. The number of hydrogen-bond acceptors (Lipinski definition) is 3. The lowest BCUT2D eigenvalue weighted by Gasteiger charge is -2.03. The number of hydrogen-bond donors (Lipinski definition) is 1. The number of thiophene rings is 1. The van der Waals surface area contributed by atoms with E-state index in [0.717, 1.165) is 10.5 Å². The lowest BCUT2D eigenvalue weighted by atomic mass is 10.4. The van der Waals surface area contributed by atoms with Gasteiger partial charge in [0.15, 0.2) is 0 Å². The van der Waals surface area contributed by atoms with E-state index in [2.05, 4.69) is 11.9 Å². The van der Waals surface area contributed by atoms with Gasteiger partial charge < -0.3 is 10.1 Å². The van der Waals surface area contributed by atoms with E-state index in [1.165, 1.54) is 4.88 Å². The zero-order chi connectivity index (χ0) is 13.4. The predicted octanol–water partition coefficient (Wildman–Crippen LogP) is 2.78. The summed E-state index contributed by atoms with van der Waals surface area (Å²) in [6, 6.07) is 4.04. The van der Waals surface area contributed by atoms with Gasteiger partial charge in [0.2, 0.25) is 5.91 Å². The minimum Gasteiger partial charge on any atom is -0.375 e. The van der Waals surface area contributed by atoms with Crippen molar-refractivity contribution in [1.29, 1.82) is 0 Å². The van der Waals surface area contributed by atoms with Crippen molar-refractivity contribution in [1.82, 2.24) is 5.32 Å². The van der Waals surface area contributed by atoms with Crippen LogP contribution in [-0.2, 0) is 9.53 Å². The highest BCUT2D eigenvalue weighted by Crippen LogP contribution is 2.16. The first-order valence-electron chi connectivity index (χ1n) is 5.82. The number of carbonyl (C=O) groups is 1. The van der Waals surface area contributed by atoms with E-state index in [9.17, 15) is 4.79 Å². The van der Waals surface area contributed by atoms with Gasteiger partial charge in [-0.3, -0.25) is 4.79 Å². The molecule has 0 aromatic carbocycles. The van der Waals surface area contributed by atoms with Gasteiger partial charge in [0.25, 0.3) is 0 Å². The quantitative estimate of drug-likeness (QED) is 0.468. The smallest absolute Gasteiger partial charge is 0.244 e. The molecule has 4 heteroatoms. The molecular weight excluding hydrogens is 246 g/mol. The van der Waals surface area contributed by atoms with E-state index < -0.39 is 0 Å². The molecule has 0 atom stereocenters. The molecule has 1 heterocycles. The lowest BCUT2D eigenvalue weighted by molar-refractivity contribution is -0.116. The molecule has 1 amide bonds. The Morgan fingerprint density at radius 3 is 2.94 bits per heavy atom. The van der Waals surface area contributed by atoms with Gasteiger partial charge in [-0.2, -0.15) is 0 Å². The maximum absolute atomic E-state index is 11.5. The topological polar surface area (TPSA) is 38.3 Å². The van der Waals surface area contributed by atoms with Crippen molar-refractivity contribution in [2.24, 2.45) is 0 Å². The zero-order valence-corrected chi connectivity index (χ0v) is 11.7. The molecular formula is C14H19NO2S. The van der Waals surface area contributed by atoms with Crippen molar-refractivity contribution in [2.45, 2.75) is 13.8 Å². The van der Waals surface area contributed by atoms with E-state index >= 15 is 0 Å².